The number of carbonyl (C=O) groups is 1. The number of fused-ring (bicyclic) bond motifs is 1. The molecule has 3 rings (SSSR count). The molecule has 0 amide bonds. The van der Waals surface area contributed by atoms with E-state index in [-0.39, 0.29) is 0 Å². The first kappa shape index (κ1) is 15.0. The van der Waals surface area contributed by atoms with Crippen LogP contribution in [0.15, 0.2) is 36.5 Å². The van der Waals surface area contributed by atoms with Gasteiger partial charge >= 0.3 is 5.97 Å². The van der Waals surface area contributed by atoms with Crippen LogP contribution in [0.2, 0.25) is 0 Å². The molecule has 3 aromatic rings. The van der Waals surface area contributed by atoms with Crippen molar-refractivity contribution in [3.8, 4) is 17.0 Å². The smallest absolute Gasteiger partial charge is 0.358 e. The highest BCUT2D eigenvalue weighted by Crippen LogP contribution is 2.24. The highest BCUT2D eigenvalue weighted by atomic mass is 16.5. The fourth-order valence-corrected chi connectivity index (χ4v) is 2.39. The first-order chi connectivity index (χ1) is 11.1. The third kappa shape index (κ3) is 2.75. The maximum absolute atomic E-state index is 12.0. The van der Waals surface area contributed by atoms with Crippen LogP contribution in [0, 0.1) is 6.92 Å². The molecule has 0 aliphatic heterocycles. The Morgan fingerprint density at radius 2 is 2.13 bits per heavy atom. The van der Waals surface area contributed by atoms with E-state index in [1.165, 1.54) is 10.7 Å². The number of esters is 1. The zero-order valence-corrected chi connectivity index (χ0v) is 13.2. The number of hydrogen-bond donors (Lipinski definition) is 0. The van der Waals surface area contributed by atoms with E-state index in [9.17, 15) is 4.79 Å². The summed E-state index contributed by atoms with van der Waals surface area (Å²) in [5, 5.41) is 4.54. The minimum Gasteiger partial charge on any atom is -0.497 e. The molecule has 23 heavy (non-hydrogen) atoms. The van der Waals surface area contributed by atoms with E-state index < -0.39 is 5.97 Å². The molecule has 0 spiro atoms. The Morgan fingerprint density at radius 3 is 2.87 bits per heavy atom. The SMILES string of the molecule is CCOC(=O)c1cnc2c(C)cc(-c3cccc(OC)c3)nn12. The van der Waals surface area contributed by atoms with Gasteiger partial charge in [0.25, 0.3) is 0 Å². The summed E-state index contributed by atoms with van der Waals surface area (Å²) in [6, 6.07) is 9.55. The van der Waals surface area contributed by atoms with Crippen LogP contribution in [0.5, 0.6) is 5.75 Å². The molecule has 0 aliphatic carbocycles. The van der Waals surface area contributed by atoms with Gasteiger partial charge in [-0.05, 0) is 37.6 Å². The molecule has 0 atom stereocenters. The third-order valence-electron chi connectivity index (χ3n) is 3.50. The molecule has 0 unspecified atom stereocenters. The molecular formula is C17H17N3O3. The first-order valence-corrected chi connectivity index (χ1v) is 7.31. The minimum atomic E-state index is -0.435. The van der Waals surface area contributed by atoms with Crippen LogP contribution < -0.4 is 4.74 Å². The third-order valence-corrected chi connectivity index (χ3v) is 3.50. The van der Waals surface area contributed by atoms with Crippen LogP contribution in [0.3, 0.4) is 0 Å². The van der Waals surface area contributed by atoms with Gasteiger partial charge in [-0.25, -0.2) is 14.3 Å². The Balaban J connectivity index is 2.15. The lowest BCUT2D eigenvalue weighted by Gasteiger charge is -2.07. The molecule has 118 valence electrons. The molecule has 0 aliphatic rings. The second-order valence-electron chi connectivity index (χ2n) is 5.04. The number of benzene rings is 1. The molecule has 0 N–H and O–H groups in total. The van der Waals surface area contributed by atoms with Gasteiger partial charge in [0.1, 0.15) is 5.75 Å². The predicted molar refractivity (Wildman–Crippen MR) is 85.7 cm³/mol. The van der Waals surface area contributed by atoms with Gasteiger partial charge in [-0.3, -0.25) is 0 Å². The molecular weight excluding hydrogens is 294 g/mol. The summed E-state index contributed by atoms with van der Waals surface area (Å²) >= 11 is 0. The van der Waals surface area contributed by atoms with Gasteiger partial charge in [-0.15, -0.1) is 0 Å². The summed E-state index contributed by atoms with van der Waals surface area (Å²) in [6.07, 6.45) is 1.49. The summed E-state index contributed by atoms with van der Waals surface area (Å²) in [5.41, 5.74) is 3.51. The Labute approximate surface area is 133 Å². The van der Waals surface area contributed by atoms with Gasteiger partial charge in [-0.2, -0.15) is 5.10 Å². The van der Waals surface area contributed by atoms with Gasteiger partial charge in [0.05, 0.1) is 25.6 Å². The second-order valence-corrected chi connectivity index (χ2v) is 5.04. The van der Waals surface area contributed by atoms with Crippen molar-refractivity contribution in [1.82, 2.24) is 14.6 Å². The van der Waals surface area contributed by atoms with Crippen molar-refractivity contribution in [2.24, 2.45) is 0 Å². The highest BCUT2D eigenvalue weighted by Gasteiger charge is 2.16. The molecule has 0 fully saturated rings. The number of ether oxygens (including phenoxy) is 2. The van der Waals surface area contributed by atoms with Crippen molar-refractivity contribution in [1.29, 1.82) is 0 Å². The minimum absolute atomic E-state index is 0.306. The molecule has 6 heteroatoms. The zero-order valence-electron chi connectivity index (χ0n) is 13.2. The summed E-state index contributed by atoms with van der Waals surface area (Å²) < 4.78 is 11.8. The quantitative estimate of drug-likeness (QED) is 0.693. The van der Waals surface area contributed by atoms with Crippen molar-refractivity contribution in [3.63, 3.8) is 0 Å². The van der Waals surface area contributed by atoms with E-state index in [2.05, 4.69) is 10.1 Å². The Kier molecular flexibility index (Phi) is 3.97. The van der Waals surface area contributed by atoms with Crippen molar-refractivity contribution in [2.45, 2.75) is 13.8 Å². The fourth-order valence-electron chi connectivity index (χ4n) is 2.39. The van der Waals surface area contributed by atoms with E-state index in [4.69, 9.17) is 9.47 Å². The molecule has 2 heterocycles. The van der Waals surface area contributed by atoms with E-state index in [1.807, 2.05) is 37.3 Å². The van der Waals surface area contributed by atoms with Crippen molar-refractivity contribution < 1.29 is 14.3 Å². The summed E-state index contributed by atoms with van der Waals surface area (Å²) in [5.74, 6) is 0.313. The van der Waals surface area contributed by atoms with Gasteiger partial charge in [0.15, 0.2) is 11.3 Å². The van der Waals surface area contributed by atoms with Crippen LogP contribution in [0.4, 0.5) is 0 Å². The number of nitrogens with zero attached hydrogens (tertiary/aromatic N) is 3. The van der Waals surface area contributed by atoms with Gasteiger partial charge in [0, 0.05) is 5.56 Å². The molecule has 0 radical (unpaired) electrons. The summed E-state index contributed by atoms with van der Waals surface area (Å²) in [4.78, 5) is 16.3. The fraction of sp³-hybridized carbons (Fsp3) is 0.235. The summed E-state index contributed by atoms with van der Waals surface area (Å²) in [6.45, 7) is 4.00. The van der Waals surface area contributed by atoms with E-state index in [0.717, 1.165) is 22.6 Å². The molecule has 2 aromatic heterocycles. The number of aryl methyl sites for hydroxylation is 1. The number of carbonyl (C=O) groups excluding carboxylic acids is 1. The number of rotatable bonds is 4. The predicted octanol–water partition coefficient (Wildman–Crippen LogP) is 2.89. The van der Waals surface area contributed by atoms with Crippen molar-refractivity contribution >= 4 is 11.6 Å². The van der Waals surface area contributed by atoms with E-state index in [1.54, 1.807) is 14.0 Å². The van der Waals surface area contributed by atoms with Crippen molar-refractivity contribution in [2.75, 3.05) is 13.7 Å². The lowest BCUT2D eigenvalue weighted by molar-refractivity contribution is 0.0517. The molecule has 1 aromatic carbocycles. The molecule has 0 saturated heterocycles. The maximum atomic E-state index is 12.0. The van der Waals surface area contributed by atoms with Crippen LogP contribution in [-0.4, -0.2) is 34.3 Å². The maximum Gasteiger partial charge on any atom is 0.358 e. The monoisotopic (exact) mass is 311 g/mol. The number of imidazole rings is 1. The molecule has 0 saturated carbocycles. The van der Waals surface area contributed by atoms with E-state index >= 15 is 0 Å². The lowest BCUT2D eigenvalue weighted by atomic mass is 10.1. The van der Waals surface area contributed by atoms with Crippen LogP contribution in [0.1, 0.15) is 23.0 Å². The van der Waals surface area contributed by atoms with Gasteiger partial charge in [0.2, 0.25) is 0 Å². The van der Waals surface area contributed by atoms with Crippen LogP contribution in [0.25, 0.3) is 16.9 Å². The van der Waals surface area contributed by atoms with E-state index in [0.29, 0.717) is 17.9 Å². The highest BCUT2D eigenvalue weighted by molar-refractivity contribution is 5.88. The van der Waals surface area contributed by atoms with Crippen LogP contribution in [-0.2, 0) is 4.74 Å². The Hall–Kier alpha value is -2.89. The Morgan fingerprint density at radius 1 is 1.30 bits per heavy atom. The zero-order chi connectivity index (χ0) is 16.4. The largest absolute Gasteiger partial charge is 0.497 e. The topological polar surface area (TPSA) is 65.7 Å². The average Bonchev–Trinajstić information content (AvgIpc) is 2.99. The van der Waals surface area contributed by atoms with Gasteiger partial charge in [-0.1, -0.05) is 12.1 Å². The molecule has 0 bridgehead atoms. The van der Waals surface area contributed by atoms with Crippen LogP contribution >= 0.6 is 0 Å². The number of methoxy groups -OCH3 is 1. The second kappa shape index (κ2) is 6.08. The lowest BCUT2D eigenvalue weighted by Crippen LogP contribution is -2.10. The first-order valence-electron chi connectivity index (χ1n) is 7.31. The summed E-state index contributed by atoms with van der Waals surface area (Å²) in [7, 11) is 1.62. The van der Waals surface area contributed by atoms with Gasteiger partial charge < -0.3 is 9.47 Å². The normalized spacial score (nSPS) is 10.7. The van der Waals surface area contributed by atoms with Crippen molar-refractivity contribution in [3.05, 3.63) is 47.8 Å². The average molecular weight is 311 g/mol. The number of hydrogen-bond acceptors (Lipinski definition) is 5. The molecule has 6 nitrogen and oxygen atoms in total. The number of aromatic nitrogens is 3. The standard InChI is InChI=1S/C17H17N3O3/c1-4-23-17(21)15-10-18-16-11(2)8-14(19-20(15)16)12-6-5-7-13(9-12)22-3/h5-10H,4H2,1-3H3. The Bertz CT molecular complexity index is 871.